The molecule has 0 aromatic rings. The molecule has 0 N–H and O–H groups in total. The van der Waals surface area contributed by atoms with Crippen LogP contribution in [-0.2, 0) is 9.63 Å². The van der Waals surface area contributed by atoms with Gasteiger partial charge in [0.2, 0.25) is 0 Å². The Bertz CT molecular complexity index is 216. The fourth-order valence-corrected chi connectivity index (χ4v) is 1.94. The zero-order chi connectivity index (χ0) is 7.84. The van der Waals surface area contributed by atoms with Gasteiger partial charge in [0.1, 0.15) is 5.94 Å². The van der Waals surface area contributed by atoms with Crippen LogP contribution in [0.1, 0.15) is 19.3 Å². The molecule has 0 aromatic carbocycles. The van der Waals surface area contributed by atoms with E-state index in [1.54, 1.807) is 7.11 Å². The largest absolute Gasteiger partial charge is 0.301 e. The zero-order valence-corrected chi connectivity index (χ0v) is 6.54. The van der Waals surface area contributed by atoms with Crippen molar-refractivity contribution in [2.75, 3.05) is 7.11 Å². The minimum atomic E-state index is 0.270. The van der Waals surface area contributed by atoms with E-state index in [4.69, 9.17) is 4.84 Å². The Hall–Kier alpha value is -0.630. The molecule has 0 spiro atoms. The van der Waals surface area contributed by atoms with Gasteiger partial charge < -0.3 is 4.84 Å². The maximum Gasteiger partial charge on any atom is 0.125 e. The van der Waals surface area contributed by atoms with E-state index in [2.05, 4.69) is 0 Å². The Balaban J connectivity index is 2.13. The first kappa shape index (κ1) is 7.04. The first-order valence-corrected chi connectivity index (χ1v) is 3.95. The van der Waals surface area contributed by atoms with Crippen LogP contribution in [0, 0.1) is 0 Å². The number of nitrogens with zero attached hydrogens (tertiary/aromatic N) is 1. The third-order valence-electron chi connectivity index (χ3n) is 2.52. The van der Waals surface area contributed by atoms with E-state index in [1.165, 1.54) is 0 Å². The summed E-state index contributed by atoms with van der Waals surface area (Å²) in [5, 5.41) is 1.88. The molecule has 0 radical (unpaired) electrons. The average molecular weight is 153 g/mol. The van der Waals surface area contributed by atoms with Gasteiger partial charge in [0.15, 0.2) is 0 Å². The monoisotopic (exact) mass is 153 g/mol. The molecule has 11 heavy (non-hydrogen) atoms. The van der Waals surface area contributed by atoms with Crippen LogP contribution in [0.4, 0.5) is 0 Å². The SMILES string of the molecule is CON1C2CCCC(=C=O)C21. The first-order valence-electron chi connectivity index (χ1n) is 3.95. The van der Waals surface area contributed by atoms with Crippen LogP contribution in [0.5, 0.6) is 0 Å². The van der Waals surface area contributed by atoms with Crippen LogP contribution in [0.25, 0.3) is 0 Å². The van der Waals surface area contributed by atoms with E-state index in [1.807, 2.05) is 11.0 Å². The van der Waals surface area contributed by atoms with Crippen molar-refractivity contribution in [2.24, 2.45) is 0 Å². The van der Waals surface area contributed by atoms with Gasteiger partial charge in [-0.1, -0.05) is 0 Å². The molecule has 3 atom stereocenters. The Kier molecular flexibility index (Phi) is 1.57. The highest BCUT2D eigenvalue weighted by atomic mass is 16.7. The third-order valence-corrected chi connectivity index (χ3v) is 2.52. The van der Waals surface area contributed by atoms with Gasteiger partial charge in [-0.2, -0.15) is 5.06 Å². The predicted octanol–water partition coefficient (Wildman–Crippen LogP) is 0.542. The average Bonchev–Trinajstić information content (AvgIpc) is 2.77. The van der Waals surface area contributed by atoms with E-state index in [-0.39, 0.29) is 6.04 Å². The molecule has 2 fully saturated rings. The van der Waals surface area contributed by atoms with E-state index in [0.29, 0.717) is 6.04 Å². The Morgan fingerprint density at radius 2 is 2.55 bits per heavy atom. The van der Waals surface area contributed by atoms with Gasteiger partial charge in [-0.05, 0) is 19.3 Å². The molecule has 0 amide bonds. The maximum absolute atomic E-state index is 10.4. The highest BCUT2D eigenvalue weighted by molar-refractivity contribution is 5.57. The van der Waals surface area contributed by atoms with Crippen LogP contribution in [-0.4, -0.2) is 30.2 Å². The number of hydrogen-bond acceptors (Lipinski definition) is 3. The van der Waals surface area contributed by atoms with Gasteiger partial charge in [0, 0.05) is 5.57 Å². The smallest absolute Gasteiger partial charge is 0.125 e. The quantitative estimate of drug-likeness (QED) is 0.407. The summed E-state index contributed by atoms with van der Waals surface area (Å²) in [6.07, 6.45) is 3.17. The Labute approximate surface area is 65.6 Å². The predicted molar refractivity (Wildman–Crippen MR) is 39.5 cm³/mol. The summed E-state index contributed by atoms with van der Waals surface area (Å²) in [4.78, 5) is 15.5. The van der Waals surface area contributed by atoms with Crippen molar-refractivity contribution in [3.8, 4) is 0 Å². The maximum atomic E-state index is 10.4. The molecule has 3 unspecified atom stereocenters. The van der Waals surface area contributed by atoms with E-state index in [9.17, 15) is 4.79 Å². The van der Waals surface area contributed by atoms with Crippen LogP contribution in [0.3, 0.4) is 0 Å². The van der Waals surface area contributed by atoms with E-state index < -0.39 is 0 Å². The van der Waals surface area contributed by atoms with E-state index >= 15 is 0 Å². The molecule has 1 saturated heterocycles. The Morgan fingerprint density at radius 3 is 3.18 bits per heavy atom. The lowest BCUT2D eigenvalue weighted by atomic mass is 9.96. The van der Waals surface area contributed by atoms with Gasteiger partial charge in [-0.15, -0.1) is 0 Å². The van der Waals surface area contributed by atoms with Crippen molar-refractivity contribution in [3.63, 3.8) is 0 Å². The number of fused-ring (bicyclic) bond motifs is 1. The minimum absolute atomic E-state index is 0.270. The molecule has 0 bridgehead atoms. The standard InChI is InChI=1S/C8H11NO2/c1-11-9-7-4-2-3-6(5-10)8(7)9/h7-8H,2-4H2,1H3. The number of hydrogen-bond donors (Lipinski definition) is 0. The minimum Gasteiger partial charge on any atom is -0.301 e. The molecule has 3 nitrogen and oxygen atoms in total. The van der Waals surface area contributed by atoms with Crippen molar-refractivity contribution < 1.29 is 9.63 Å². The lowest BCUT2D eigenvalue weighted by Crippen LogP contribution is -2.06. The van der Waals surface area contributed by atoms with Crippen LogP contribution < -0.4 is 0 Å². The number of carbonyl (C=O) groups excluding carboxylic acids is 1. The second-order valence-electron chi connectivity index (χ2n) is 3.07. The molecule has 3 heteroatoms. The van der Waals surface area contributed by atoms with Crippen molar-refractivity contribution in [3.05, 3.63) is 5.57 Å². The second kappa shape index (κ2) is 2.45. The summed E-state index contributed by atoms with van der Waals surface area (Å²) in [5.74, 6) is 2.00. The molecule has 1 saturated carbocycles. The van der Waals surface area contributed by atoms with Crippen molar-refractivity contribution in [1.29, 1.82) is 0 Å². The second-order valence-corrected chi connectivity index (χ2v) is 3.07. The topological polar surface area (TPSA) is 29.3 Å². The number of rotatable bonds is 1. The normalized spacial score (nSPS) is 41.2. The lowest BCUT2D eigenvalue weighted by molar-refractivity contribution is -0.0444. The fourth-order valence-electron chi connectivity index (χ4n) is 1.94. The highest BCUT2D eigenvalue weighted by Gasteiger charge is 2.52. The van der Waals surface area contributed by atoms with Crippen molar-refractivity contribution in [2.45, 2.75) is 31.3 Å². The zero-order valence-electron chi connectivity index (χ0n) is 6.54. The molecule has 2 aliphatic rings. The lowest BCUT2D eigenvalue weighted by Gasteiger charge is -2.04. The molecule has 1 heterocycles. The van der Waals surface area contributed by atoms with Gasteiger partial charge in [-0.3, -0.25) is 0 Å². The summed E-state index contributed by atoms with van der Waals surface area (Å²) < 4.78 is 0. The summed E-state index contributed by atoms with van der Waals surface area (Å²) in [7, 11) is 1.65. The van der Waals surface area contributed by atoms with Crippen LogP contribution in [0.15, 0.2) is 5.57 Å². The van der Waals surface area contributed by atoms with Gasteiger partial charge >= 0.3 is 0 Å². The van der Waals surface area contributed by atoms with Crippen molar-refractivity contribution in [1.82, 2.24) is 5.06 Å². The summed E-state index contributed by atoms with van der Waals surface area (Å²) in [6.45, 7) is 0. The van der Waals surface area contributed by atoms with Gasteiger partial charge in [0.05, 0.1) is 19.2 Å². The molecule has 1 aliphatic heterocycles. The van der Waals surface area contributed by atoms with Gasteiger partial charge in [0.25, 0.3) is 0 Å². The van der Waals surface area contributed by atoms with Crippen LogP contribution in [0.2, 0.25) is 0 Å². The highest BCUT2D eigenvalue weighted by Crippen LogP contribution is 2.42. The molecule has 0 aromatic heterocycles. The van der Waals surface area contributed by atoms with Crippen LogP contribution >= 0.6 is 0 Å². The fraction of sp³-hybridized carbons (Fsp3) is 0.750. The molecule has 60 valence electrons. The van der Waals surface area contributed by atoms with Crippen molar-refractivity contribution >= 4 is 5.94 Å². The molecule has 2 rings (SSSR count). The first-order chi connectivity index (χ1) is 5.38. The third kappa shape index (κ3) is 0.932. The van der Waals surface area contributed by atoms with Gasteiger partial charge in [-0.25, -0.2) is 4.79 Å². The Morgan fingerprint density at radius 1 is 1.73 bits per heavy atom. The summed E-state index contributed by atoms with van der Waals surface area (Å²) in [5.41, 5.74) is 0.892. The molecule has 1 aliphatic carbocycles. The summed E-state index contributed by atoms with van der Waals surface area (Å²) >= 11 is 0. The number of hydroxylamine groups is 2. The summed E-state index contributed by atoms with van der Waals surface area (Å²) in [6, 6.07) is 0.747. The molecular weight excluding hydrogens is 142 g/mol. The molecular formula is C8H11NO2. The van der Waals surface area contributed by atoms with E-state index in [0.717, 1.165) is 24.8 Å².